The van der Waals surface area contributed by atoms with Crippen molar-refractivity contribution in [3.63, 3.8) is 0 Å². The summed E-state index contributed by atoms with van der Waals surface area (Å²) in [4.78, 5) is 0. The minimum absolute atomic E-state index is 0.0161. The van der Waals surface area contributed by atoms with Crippen molar-refractivity contribution in [2.45, 2.75) is 6.10 Å². The third-order valence-electron chi connectivity index (χ3n) is 2.60. The molecular formula is C14H12ClF2NO. The molecule has 100 valence electrons. The predicted molar refractivity (Wildman–Crippen MR) is 70.2 cm³/mol. The quantitative estimate of drug-likeness (QED) is 0.929. The van der Waals surface area contributed by atoms with Crippen LogP contribution in [-0.2, 0) is 0 Å². The molecule has 1 unspecified atom stereocenters. The number of rotatable bonds is 4. The van der Waals surface area contributed by atoms with Gasteiger partial charge in [0.15, 0.2) is 0 Å². The lowest BCUT2D eigenvalue weighted by atomic mass is 10.1. The van der Waals surface area contributed by atoms with Crippen LogP contribution in [0.1, 0.15) is 11.7 Å². The first-order valence-corrected chi connectivity index (χ1v) is 6.05. The fourth-order valence-corrected chi connectivity index (χ4v) is 1.79. The van der Waals surface area contributed by atoms with Crippen molar-refractivity contribution >= 4 is 11.6 Å². The van der Waals surface area contributed by atoms with E-state index in [4.69, 9.17) is 22.1 Å². The van der Waals surface area contributed by atoms with Crippen molar-refractivity contribution in [1.82, 2.24) is 0 Å². The maximum absolute atomic E-state index is 13.3. The van der Waals surface area contributed by atoms with Crippen LogP contribution in [0.2, 0.25) is 5.02 Å². The number of ether oxygens (including phenoxy) is 1. The Morgan fingerprint density at radius 3 is 2.58 bits per heavy atom. The molecule has 0 aliphatic rings. The zero-order valence-corrected chi connectivity index (χ0v) is 10.7. The lowest BCUT2D eigenvalue weighted by Crippen LogP contribution is -2.18. The summed E-state index contributed by atoms with van der Waals surface area (Å²) in [6.07, 6.45) is -0.545. The molecule has 2 aromatic carbocycles. The van der Waals surface area contributed by atoms with Crippen LogP contribution in [0, 0.1) is 11.6 Å². The van der Waals surface area contributed by atoms with E-state index in [9.17, 15) is 8.78 Å². The Balaban J connectivity index is 2.21. The molecule has 0 radical (unpaired) electrons. The number of hydrogen-bond acceptors (Lipinski definition) is 2. The summed E-state index contributed by atoms with van der Waals surface area (Å²) in [6, 6.07) is 10.0. The van der Waals surface area contributed by atoms with Crippen LogP contribution in [0.5, 0.6) is 5.75 Å². The molecule has 2 nitrogen and oxygen atoms in total. The minimum Gasteiger partial charge on any atom is -0.484 e. The molecule has 0 saturated carbocycles. The number of benzene rings is 2. The molecule has 0 heterocycles. The van der Waals surface area contributed by atoms with E-state index < -0.39 is 11.9 Å². The molecule has 0 amide bonds. The van der Waals surface area contributed by atoms with E-state index in [1.807, 2.05) is 0 Å². The van der Waals surface area contributed by atoms with Crippen LogP contribution in [0.3, 0.4) is 0 Å². The Bertz CT molecular complexity index is 577. The van der Waals surface area contributed by atoms with Gasteiger partial charge >= 0.3 is 0 Å². The summed E-state index contributed by atoms with van der Waals surface area (Å²) in [5.74, 6) is -0.655. The molecule has 2 aromatic rings. The highest BCUT2D eigenvalue weighted by Gasteiger charge is 2.13. The largest absolute Gasteiger partial charge is 0.484 e. The average molecular weight is 284 g/mol. The number of halogens is 3. The van der Waals surface area contributed by atoms with Crippen LogP contribution in [-0.4, -0.2) is 6.54 Å². The second-order valence-electron chi connectivity index (χ2n) is 3.97. The molecule has 0 aromatic heterocycles. The van der Waals surface area contributed by atoms with Crippen LogP contribution < -0.4 is 10.5 Å². The van der Waals surface area contributed by atoms with Gasteiger partial charge in [-0.05, 0) is 29.8 Å². The van der Waals surface area contributed by atoms with Gasteiger partial charge in [-0.25, -0.2) is 8.78 Å². The molecule has 2 rings (SSSR count). The zero-order valence-electron chi connectivity index (χ0n) is 9.95. The monoisotopic (exact) mass is 283 g/mol. The summed E-state index contributed by atoms with van der Waals surface area (Å²) in [6.45, 7) is 0.147. The van der Waals surface area contributed by atoms with Crippen molar-refractivity contribution in [3.8, 4) is 5.75 Å². The van der Waals surface area contributed by atoms with Gasteiger partial charge < -0.3 is 10.5 Å². The van der Waals surface area contributed by atoms with Crippen LogP contribution >= 0.6 is 11.6 Å². The minimum atomic E-state index is -0.575. The molecule has 0 fully saturated rings. The summed E-state index contributed by atoms with van der Waals surface area (Å²) in [5.41, 5.74) is 6.20. The van der Waals surface area contributed by atoms with Crippen molar-refractivity contribution in [2.75, 3.05) is 6.54 Å². The van der Waals surface area contributed by atoms with Crippen LogP contribution in [0.15, 0.2) is 42.5 Å². The Morgan fingerprint density at radius 1 is 1.16 bits per heavy atom. The van der Waals surface area contributed by atoms with E-state index in [2.05, 4.69) is 0 Å². The smallest absolute Gasteiger partial charge is 0.145 e. The lowest BCUT2D eigenvalue weighted by molar-refractivity contribution is 0.213. The van der Waals surface area contributed by atoms with Crippen molar-refractivity contribution in [1.29, 1.82) is 0 Å². The summed E-state index contributed by atoms with van der Waals surface area (Å²) in [7, 11) is 0. The zero-order chi connectivity index (χ0) is 13.8. The first kappa shape index (κ1) is 13.8. The fourth-order valence-electron chi connectivity index (χ4n) is 1.67. The molecule has 19 heavy (non-hydrogen) atoms. The van der Waals surface area contributed by atoms with Crippen LogP contribution in [0.4, 0.5) is 8.78 Å². The van der Waals surface area contributed by atoms with Gasteiger partial charge in [0, 0.05) is 12.6 Å². The van der Waals surface area contributed by atoms with Crippen molar-refractivity contribution in [3.05, 3.63) is 64.7 Å². The SMILES string of the molecule is NCC(Oc1ccc(Cl)c(F)c1)c1cccc(F)c1. The van der Waals surface area contributed by atoms with E-state index in [1.165, 1.54) is 30.3 Å². The highest BCUT2D eigenvalue weighted by atomic mass is 35.5. The topological polar surface area (TPSA) is 35.2 Å². The first-order valence-electron chi connectivity index (χ1n) is 5.67. The second kappa shape index (κ2) is 5.99. The molecule has 1 atom stereocenters. The summed E-state index contributed by atoms with van der Waals surface area (Å²) in [5, 5.41) is 0.0161. The van der Waals surface area contributed by atoms with E-state index in [-0.39, 0.29) is 17.4 Å². The Kier molecular flexibility index (Phi) is 4.35. The molecule has 0 spiro atoms. The van der Waals surface area contributed by atoms with Gasteiger partial charge in [-0.2, -0.15) is 0 Å². The van der Waals surface area contributed by atoms with Gasteiger partial charge in [-0.3, -0.25) is 0 Å². The van der Waals surface area contributed by atoms with E-state index in [0.717, 1.165) is 0 Å². The molecule has 0 aliphatic heterocycles. The number of nitrogens with two attached hydrogens (primary N) is 1. The lowest BCUT2D eigenvalue weighted by Gasteiger charge is -2.18. The highest BCUT2D eigenvalue weighted by Crippen LogP contribution is 2.25. The molecular weight excluding hydrogens is 272 g/mol. The third kappa shape index (κ3) is 3.43. The highest BCUT2D eigenvalue weighted by molar-refractivity contribution is 6.30. The van der Waals surface area contributed by atoms with Crippen LogP contribution in [0.25, 0.3) is 0 Å². The normalized spacial score (nSPS) is 12.2. The van der Waals surface area contributed by atoms with Gasteiger partial charge in [-0.15, -0.1) is 0 Å². The molecule has 0 aliphatic carbocycles. The maximum Gasteiger partial charge on any atom is 0.145 e. The van der Waals surface area contributed by atoms with E-state index >= 15 is 0 Å². The Morgan fingerprint density at radius 2 is 1.95 bits per heavy atom. The average Bonchev–Trinajstić information content (AvgIpc) is 2.40. The summed E-state index contributed by atoms with van der Waals surface area (Å²) < 4.78 is 32.0. The molecule has 0 bridgehead atoms. The third-order valence-corrected chi connectivity index (χ3v) is 2.91. The Hall–Kier alpha value is -1.65. The molecule has 0 saturated heterocycles. The first-order chi connectivity index (χ1) is 9.10. The molecule has 5 heteroatoms. The van der Waals surface area contributed by atoms with Crippen molar-refractivity contribution in [2.24, 2.45) is 5.73 Å². The van der Waals surface area contributed by atoms with E-state index in [1.54, 1.807) is 12.1 Å². The Labute approximate surface area is 114 Å². The van der Waals surface area contributed by atoms with Gasteiger partial charge in [0.2, 0.25) is 0 Å². The second-order valence-corrected chi connectivity index (χ2v) is 4.38. The van der Waals surface area contributed by atoms with Gasteiger partial charge in [-0.1, -0.05) is 23.7 Å². The maximum atomic E-state index is 13.3. The predicted octanol–water partition coefficient (Wildman–Crippen LogP) is 3.70. The van der Waals surface area contributed by atoms with Gasteiger partial charge in [0.05, 0.1) is 5.02 Å². The van der Waals surface area contributed by atoms with E-state index in [0.29, 0.717) is 11.3 Å². The van der Waals surface area contributed by atoms with Gasteiger partial charge in [0.1, 0.15) is 23.5 Å². The molecule has 2 N–H and O–H groups in total. The number of hydrogen-bond donors (Lipinski definition) is 1. The standard InChI is InChI=1S/C14H12ClF2NO/c15-12-5-4-11(7-13(12)17)19-14(8-18)9-2-1-3-10(16)6-9/h1-7,14H,8,18H2. The van der Waals surface area contributed by atoms with Crippen molar-refractivity contribution < 1.29 is 13.5 Å². The summed E-state index contributed by atoms with van der Waals surface area (Å²) >= 11 is 5.58. The van der Waals surface area contributed by atoms with Gasteiger partial charge in [0.25, 0.3) is 0 Å². The fraction of sp³-hybridized carbons (Fsp3) is 0.143.